The molecule has 0 aromatic heterocycles. The fourth-order valence-electron chi connectivity index (χ4n) is 3.80. The molecule has 0 aromatic carbocycles. The zero-order valence-electron chi connectivity index (χ0n) is 18.7. The molecule has 0 aliphatic rings. The molecule has 0 radical (unpaired) electrons. The summed E-state index contributed by atoms with van der Waals surface area (Å²) >= 11 is 0. The van der Waals surface area contributed by atoms with E-state index >= 15 is 0 Å². The van der Waals surface area contributed by atoms with Gasteiger partial charge in [-0.15, -0.1) is 0 Å². The monoisotopic (exact) mass is 414 g/mol. The molecule has 0 heterocycles. The number of ketones is 1. The molecule has 2 atom stereocenters. The van der Waals surface area contributed by atoms with E-state index in [-0.39, 0.29) is 18.8 Å². The van der Waals surface area contributed by atoms with Crippen LogP contribution in [0, 0.1) is 5.92 Å². The van der Waals surface area contributed by atoms with E-state index < -0.39 is 18.0 Å². The van der Waals surface area contributed by atoms with Gasteiger partial charge in [-0.2, -0.15) is 0 Å². The molecule has 0 rings (SSSR count). The van der Waals surface area contributed by atoms with Gasteiger partial charge >= 0.3 is 5.97 Å². The molecule has 0 aliphatic carbocycles. The number of rotatable bonds is 22. The van der Waals surface area contributed by atoms with Crippen LogP contribution in [0.2, 0.25) is 0 Å². The molecule has 5 heteroatoms. The van der Waals surface area contributed by atoms with E-state index in [4.69, 9.17) is 5.11 Å². The van der Waals surface area contributed by atoms with Crippen LogP contribution in [0.4, 0.5) is 0 Å². The summed E-state index contributed by atoms with van der Waals surface area (Å²) in [4.78, 5) is 23.8. The number of carbonyl (C=O) groups excluding carboxylic acids is 1. The molecule has 2 unspecified atom stereocenters. The summed E-state index contributed by atoms with van der Waals surface area (Å²) in [7, 11) is 0. The van der Waals surface area contributed by atoms with Crippen molar-refractivity contribution >= 4 is 11.8 Å². The third kappa shape index (κ3) is 16.5. The van der Waals surface area contributed by atoms with Gasteiger partial charge < -0.3 is 15.3 Å². The molecule has 0 aliphatic heterocycles. The van der Waals surface area contributed by atoms with E-state index in [2.05, 4.69) is 6.92 Å². The highest BCUT2D eigenvalue weighted by Crippen LogP contribution is 2.18. The first kappa shape index (κ1) is 28.1. The van der Waals surface area contributed by atoms with Crippen LogP contribution in [0.25, 0.3) is 0 Å². The van der Waals surface area contributed by atoms with Gasteiger partial charge in [0.1, 0.15) is 11.7 Å². The van der Waals surface area contributed by atoms with Gasteiger partial charge in [0.15, 0.2) is 0 Å². The number of carbonyl (C=O) groups is 2. The van der Waals surface area contributed by atoms with E-state index in [1.807, 2.05) is 0 Å². The second-order valence-electron chi connectivity index (χ2n) is 8.42. The minimum atomic E-state index is -1.27. The molecule has 0 fully saturated rings. The number of carboxylic acids is 1. The molecule has 3 N–H and O–H groups in total. The number of hydrogen-bond acceptors (Lipinski definition) is 4. The summed E-state index contributed by atoms with van der Waals surface area (Å²) in [5.41, 5.74) is 0. The van der Waals surface area contributed by atoms with Crippen molar-refractivity contribution < 1.29 is 24.9 Å². The first-order valence-corrected chi connectivity index (χ1v) is 12.1. The molecule has 0 amide bonds. The zero-order valence-corrected chi connectivity index (χ0v) is 18.7. The maximum atomic E-state index is 12.3. The van der Waals surface area contributed by atoms with Gasteiger partial charge in [-0.05, 0) is 19.3 Å². The summed E-state index contributed by atoms with van der Waals surface area (Å²) < 4.78 is 0. The van der Waals surface area contributed by atoms with Crippen LogP contribution in [0.5, 0.6) is 0 Å². The fourth-order valence-corrected chi connectivity index (χ4v) is 3.80. The maximum Gasteiger partial charge on any atom is 0.316 e. The molecule has 172 valence electrons. The number of aliphatic carboxylic acids is 1. The van der Waals surface area contributed by atoms with Gasteiger partial charge in [0, 0.05) is 13.0 Å². The highest BCUT2D eigenvalue weighted by atomic mass is 16.4. The van der Waals surface area contributed by atoms with Gasteiger partial charge in [0.05, 0.1) is 6.10 Å². The lowest BCUT2D eigenvalue weighted by Crippen LogP contribution is -2.35. The average Bonchev–Trinajstić information content (AvgIpc) is 2.68. The lowest BCUT2D eigenvalue weighted by molar-refractivity contribution is -0.151. The Bertz CT molecular complexity index is 397. The third-order valence-corrected chi connectivity index (χ3v) is 5.68. The smallest absolute Gasteiger partial charge is 0.316 e. The summed E-state index contributed by atoms with van der Waals surface area (Å²) in [6.45, 7) is 2.45. The van der Waals surface area contributed by atoms with E-state index in [1.165, 1.54) is 38.5 Å². The molecular formula is C24H46O5. The van der Waals surface area contributed by atoms with Crippen LogP contribution in [-0.2, 0) is 9.59 Å². The van der Waals surface area contributed by atoms with Crippen LogP contribution in [0.3, 0.4) is 0 Å². The van der Waals surface area contributed by atoms with Crippen molar-refractivity contribution in [1.82, 2.24) is 0 Å². The van der Waals surface area contributed by atoms with Gasteiger partial charge in [0.2, 0.25) is 0 Å². The number of carboxylic acid groups (broad SMARTS) is 1. The van der Waals surface area contributed by atoms with Crippen LogP contribution < -0.4 is 0 Å². The number of Topliss-reactive ketones (excluding diaryl/α,β-unsaturated/α-hetero) is 1. The van der Waals surface area contributed by atoms with Crippen molar-refractivity contribution in [2.24, 2.45) is 5.92 Å². The largest absolute Gasteiger partial charge is 0.481 e. The van der Waals surface area contributed by atoms with Gasteiger partial charge in [0.25, 0.3) is 0 Å². The zero-order chi connectivity index (χ0) is 21.7. The molecular weight excluding hydrogens is 368 g/mol. The predicted molar refractivity (Wildman–Crippen MR) is 118 cm³/mol. The Morgan fingerprint density at radius 1 is 0.690 bits per heavy atom. The number of aliphatic hydroxyl groups is 2. The second-order valence-corrected chi connectivity index (χ2v) is 8.42. The minimum Gasteiger partial charge on any atom is -0.481 e. The second kappa shape index (κ2) is 20.3. The highest BCUT2D eigenvalue weighted by molar-refractivity contribution is 5.98. The van der Waals surface area contributed by atoms with Crippen molar-refractivity contribution in [3.8, 4) is 0 Å². The molecule has 0 bridgehead atoms. The fraction of sp³-hybridized carbons (Fsp3) is 0.917. The van der Waals surface area contributed by atoms with Crippen molar-refractivity contribution in [2.45, 2.75) is 129 Å². The first-order chi connectivity index (χ1) is 14.0. The Labute approximate surface area is 178 Å². The Morgan fingerprint density at radius 2 is 1.14 bits per heavy atom. The van der Waals surface area contributed by atoms with Gasteiger partial charge in [-0.1, -0.05) is 96.8 Å². The first-order valence-electron chi connectivity index (χ1n) is 12.1. The van der Waals surface area contributed by atoms with Crippen LogP contribution >= 0.6 is 0 Å². The van der Waals surface area contributed by atoms with E-state index in [0.29, 0.717) is 12.8 Å². The number of unbranched alkanes of at least 4 members (excludes halogenated alkanes) is 14. The van der Waals surface area contributed by atoms with Gasteiger partial charge in [-0.3, -0.25) is 9.59 Å². The summed E-state index contributed by atoms with van der Waals surface area (Å²) in [5, 5.41) is 28.4. The van der Waals surface area contributed by atoms with Crippen LogP contribution in [-0.4, -0.2) is 39.8 Å². The predicted octanol–water partition coefficient (Wildman–Crippen LogP) is 5.65. The molecule has 5 nitrogen and oxygen atoms in total. The third-order valence-electron chi connectivity index (χ3n) is 5.68. The van der Waals surface area contributed by atoms with E-state index in [0.717, 1.165) is 57.8 Å². The molecule has 0 saturated heterocycles. The molecule has 0 saturated carbocycles. The number of aliphatic hydroxyl groups excluding tert-OH is 2. The van der Waals surface area contributed by atoms with Crippen molar-refractivity contribution in [1.29, 1.82) is 0 Å². The average molecular weight is 415 g/mol. The van der Waals surface area contributed by atoms with Gasteiger partial charge in [-0.25, -0.2) is 0 Å². The van der Waals surface area contributed by atoms with Crippen LogP contribution in [0.1, 0.15) is 122 Å². The minimum absolute atomic E-state index is 0.239. The quantitative estimate of drug-likeness (QED) is 0.157. The van der Waals surface area contributed by atoms with E-state index in [9.17, 15) is 19.8 Å². The summed E-state index contributed by atoms with van der Waals surface area (Å²) in [5.74, 6) is -2.79. The Balaban J connectivity index is 3.88. The summed E-state index contributed by atoms with van der Waals surface area (Å²) in [6, 6.07) is 0. The highest BCUT2D eigenvalue weighted by Gasteiger charge is 2.32. The molecule has 0 spiro atoms. The standard InChI is InChI=1S/C24H46O5/c1-2-3-4-5-6-7-9-12-15-18-21(26)23(24(28)29)22(27)19-16-13-10-8-11-14-17-20-25/h21,23,25-26H,2-20H2,1H3,(H,28,29). The topological polar surface area (TPSA) is 94.8 Å². The SMILES string of the molecule is CCCCCCCCCCCC(O)C(C(=O)O)C(=O)CCCCCCCCCO. The normalized spacial score (nSPS) is 13.3. The molecule has 0 aromatic rings. The van der Waals surface area contributed by atoms with E-state index in [1.54, 1.807) is 0 Å². The lowest BCUT2D eigenvalue weighted by atomic mass is 9.90. The maximum absolute atomic E-state index is 12.3. The Morgan fingerprint density at radius 3 is 1.62 bits per heavy atom. The van der Waals surface area contributed by atoms with Crippen molar-refractivity contribution in [3.63, 3.8) is 0 Å². The van der Waals surface area contributed by atoms with Crippen molar-refractivity contribution in [2.75, 3.05) is 6.61 Å². The lowest BCUT2D eigenvalue weighted by Gasteiger charge is -2.18. The number of hydrogen-bond donors (Lipinski definition) is 3. The van der Waals surface area contributed by atoms with Crippen LogP contribution in [0.15, 0.2) is 0 Å². The molecule has 29 heavy (non-hydrogen) atoms. The Hall–Kier alpha value is -0.940. The summed E-state index contributed by atoms with van der Waals surface area (Å²) in [6.07, 6.45) is 16.7. The Kier molecular flexibility index (Phi) is 19.7. The van der Waals surface area contributed by atoms with Crippen molar-refractivity contribution in [3.05, 3.63) is 0 Å².